The smallest absolute Gasteiger partial charge is 0.409 e. The van der Waals surface area contributed by atoms with E-state index in [9.17, 15) is 4.79 Å². The van der Waals surface area contributed by atoms with Crippen LogP contribution >= 0.6 is 0 Å². The SMILES string of the molecule is CN(C)Cc1c[nH]c2ccc(OC(N)=O)cc12. The second kappa shape index (κ2) is 4.47. The van der Waals surface area contributed by atoms with Crippen molar-refractivity contribution in [3.05, 3.63) is 30.0 Å². The Bertz CT molecular complexity index is 546. The van der Waals surface area contributed by atoms with Crippen LogP contribution < -0.4 is 10.5 Å². The van der Waals surface area contributed by atoms with E-state index in [0.29, 0.717) is 5.75 Å². The molecule has 1 heterocycles. The van der Waals surface area contributed by atoms with Crippen LogP contribution in [0.5, 0.6) is 5.75 Å². The number of aromatic amines is 1. The van der Waals surface area contributed by atoms with Crippen LogP contribution in [0.2, 0.25) is 0 Å². The van der Waals surface area contributed by atoms with Crippen LogP contribution in [0.3, 0.4) is 0 Å². The molecule has 0 spiro atoms. The van der Waals surface area contributed by atoms with Crippen LogP contribution in [0.4, 0.5) is 4.79 Å². The number of carbonyl (C=O) groups is 1. The standard InChI is InChI=1S/C12H15N3O2/c1-15(2)7-8-6-14-11-4-3-9(5-10(8)11)17-12(13)16/h3-6,14H,7H2,1-2H3,(H2,13,16). The van der Waals surface area contributed by atoms with Crippen LogP contribution in [0.15, 0.2) is 24.4 Å². The molecule has 1 aromatic heterocycles. The third-order valence-electron chi connectivity index (χ3n) is 2.44. The number of carbonyl (C=O) groups excluding carboxylic acids is 1. The fraction of sp³-hybridized carbons (Fsp3) is 0.250. The van der Waals surface area contributed by atoms with Crippen molar-refractivity contribution in [1.29, 1.82) is 0 Å². The van der Waals surface area contributed by atoms with E-state index >= 15 is 0 Å². The van der Waals surface area contributed by atoms with E-state index in [0.717, 1.165) is 23.0 Å². The molecule has 0 aliphatic carbocycles. The van der Waals surface area contributed by atoms with E-state index in [1.807, 2.05) is 32.4 Å². The van der Waals surface area contributed by atoms with Gasteiger partial charge in [-0.15, -0.1) is 0 Å². The summed E-state index contributed by atoms with van der Waals surface area (Å²) in [4.78, 5) is 15.9. The van der Waals surface area contributed by atoms with E-state index in [2.05, 4.69) is 9.88 Å². The van der Waals surface area contributed by atoms with Gasteiger partial charge >= 0.3 is 6.09 Å². The maximum Gasteiger partial charge on any atom is 0.409 e. The Hall–Kier alpha value is -2.01. The molecule has 0 atom stereocenters. The number of rotatable bonds is 3. The zero-order chi connectivity index (χ0) is 12.4. The molecule has 0 saturated carbocycles. The molecule has 2 aromatic rings. The third kappa shape index (κ3) is 2.57. The quantitative estimate of drug-likeness (QED) is 0.847. The van der Waals surface area contributed by atoms with Gasteiger partial charge in [0.05, 0.1) is 0 Å². The lowest BCUT2D eigenvalue weighted by Gasteiger charge is -2.08. The monoisotopic (exact) mass is 233 g/mol. The van der Waals surface area contributed by atoms with Crippen molar-refractivity contribution in [2.75, 3.05) is 14.1 Å². The molecule has 0 aliphatic rings. The maximum atomic E-state index is 10.7. The highest BCUT2D eigenvalue weighted by Gasteiger charge is 2.07. The molecular formula is C12H15N3O2. The predicted molar refractivity (Wildman–Crippen MR) is 65.9 cm³/mol. The second-order valence-corrected chi connectivity index (χ2v) is 4.18. The van der Waals surface area contributed by atoms with Gasteiger partial charge in [-0.2, -0.15) is 0 Å². The highest BCUT2D eigenvalue weighted by Crippen LogP contribution is 2.24. The molecule has 0 unspecified atom stereocenters. The van der Waals surface area contributed by atoms with Crippen molar-refractivity contribution < 1.29 is 9.53 Å². The zero-order valence-electron chi connectivity index (χ0n) is 9.86. The molecule has 0 radical (unpaired) electrons. The summed E-state index contributed by atoms with van der Waals surface area (Å²) in [5.74, 6) is 0.463. The van der Waals surface area contributed by atoms with Crippen LogP contribution in [-0.2, 0) is 6.54 Å². The molecule has 1 aromatic carbocycles. The number of fused-ring (bicyclic) bond motifs is 1. The fourth-order valence-electron chi connectivity index (χ4n) is 1.81. The van der Waals surface area contributed by atoms with Crippen LogP contribution in [0, 0.1) is 0 Å². The first kappa shape index (κ1) is 11.5. The molecule has 0 saturated heterocycles. The lowest BCUT2D eigenvalue weighted by Crippen LogP contribution is -2.16. The zero-order valence-corrected chi connectivity index (χ0v) is 9.86. The maximum absolute atomic E-state index is 10.7. The number of nitrogens with one attached hydrogen (secondary N) is 1. The van der Waals surface area contributed by atoms with Gasteiger partial charge in [0.2, 0.25) is 0 Å². The lowest BCUT2D eigenvalue weighted by atomic mass is 10.1. The van der Waals surface area contributed by atoms with Crippen molar-refractivity contribution in [2.45, 2.75) is 6.54 Å². The van der Waals surface area contributed by atoms with Gasteiger partial charge in [0.25, 0.3) is 0 Å². The number of aromatic nitrogens is 1. The van der Waals surface area contributed by atoms with E-state index in [4.69, 9.17) is 10.5 Å². The number of nitrogens with zero attached hydrogens (tertiary/aromatic N) is 1. The van der Waals surface area contributed by atoms with Crippen molar-refractivity contribution in [1.82, 2.24) is 9.88 Å². The Morgan fingerprint density at radius 1 is 1.47 bits per heavy atom. The predicted octanol–water partition coefficient (Wildman–Crippen LogP) is 1.69. The van der Waals surface area contributed by atoms with Gasteiger partial charge in [0, 0.05) is 23.6 Å². The minimum Gasteiger partial charge on any atom is -0.410 e. The summed E-state index contributed by atoms with van der Waals surface area (Å²) >= 11 is 0. The van der Waals surface area contributed by atoms with Gasteiger partial charge in [0.15, 0.2) is 0 Å². The number of amides is 1. The third-order valence-corrected chi connectivity index (χ3v) is 2.44. The Morgan fingerprint density at radius 3 is 2.88 bits per heavy atom. The molecule has 0 fully saturated rings. The van der Waals surface area contributed by atoms with Gasteiger partial charge < -0.3 is 20.4 Å². The summed E-state index contributed by atoms with van der Waals surface area (Å²) in [5.41, 5.74) is 7.15. The van der Waals surface area contributed by atoms with Gasteiger partial charge in [-0.3, -0.25) is 0 Å². The van der Waals surface area contributed by atoms with E-state index in [1.54, 1.807) is 6.07 Å². The Labute approximate surface area is 99.2 Å². The molecule has 0 aliphatic heterocycles. The minimum absolute atomic E-state index is 0.463. The Balaban J connectivity index is 2.39. The molecule has 5 nitrogen and oxygen atoms in total. The summed E-state index contributed by atoms with van der Waals surface area (Å²) in [5, 5.41) is 1.04. The Morgan fingerprint density at radius 2 is 2.24 bits per heavy atom. The average molecular weight is 233 g/mol. The number of hydrogen-bond acceptors (Lipinski definition) is 3. The number of nitrogens with two attached hydrogens (primary N) is 1. The topological polar surface area (TPSA) is 71.3 Å². The fourth-order valence-corrected chi connectivity index (χ4v) is 1.81. The molecule has 90 valence electrons. The lowest BCUT2D eigenvalue weighted by molar-refractivity contribution is 0.211. The average Bonchev–Trinajstić information content (AvgIpc) is 2.59. The summed E-state index contributed by atoms with van der Waals surface area (Å²) < 4.78 is 4.86. The molecular weight excluding hydrogens is 218 g/mol. The molecule has 2 rings (SSSR count). The highest BCUT2D eigenvalue weighted by atomic mass is 16.5. The van der Waals surface area contributed by atoms with Crippen molar-refractivity contribution >= 4 is 17.0 Å². The molecule has 0 bridgehead atoms. The van der Waals surface area contributed by atoms with Gasteiger partial charge in [-0.25, -0.2) is 4.79 Å². The van der Waals surface area contributed by atoms with Crippen LogP contribution in [0.1, 0.15) is 5.56 Å². The summed E-state index contributed by atoms with van der Waals surface area (Å²) in [6, 6.07) is 5.39. The van der Waals surface area contributed by atoms with E-state index < -0.39 is 6.09 Å². The van der Waals surface area contributed by atoms with Gasteiger partial charge in [-0.1, -0.05) is 0 Å². The molecule has 5 heteroatoms. The highest BCUT2D eigenvalue weighted by molar-refractivity contribution is 5.85. The number of benzene rings is 1. The number of H-pyrrole nitrogens is 1. The molecule has 1 amide bonds. The minimum atomic E-state index is -0.797. The van der Waals surface area contributed by atoms with Crippen molar-refractivity contribution in [3.63, 3.8) is 0 Å². The first-order valence-electron chi connectivity index (χ1n) is 5.28. The first-order chi connectivity index (χ1) is 8.06. The van der Waals surface area contributed by atoms with Gasteiger partial charge in [0.1, 0.15) is 5.75 Å². The van der Waals surface area contributed by atoms with Crippen LogP contribution in [0.25, 0.3) is 10.9 Å². The Kier molecular flexibility index (Phi) is 3.01. The first-order valence-corrected chi connectivity index (χ1v) is 5.28. The summed E-state index contributed by atoms with van der Waals surface area (Å²) in [6.07, 6.45) is 1.16. The number of hydrogen-bond donors (Lipinski definition) is 2. The largest absolute Gasteiger partial charge is 0.410 e. The summed E-state index contributed by atoms with van der Waals surface area (Å²) in [6.45, 7) is 0.819. The van der Waals surface area contributed by atoms with E-state index in [1.165, 1.54) is 0 Å². The number of primary amides is 1. The van der Waals surface area contributed by atoms with Gasteiger partial charge in [-0.05, 0) is 37.9 Å². The normalized spacial score (nSPS) is 11.0. The van der Waals surface area contributed by atoms with Crippen molar-refractivity contribution in [3.8, 4) is 5.75 Å². The second-order valence-electron chi connectivity index (χ2n) is 4.18. The van der Waals surface area contributed by atoms with Crippen molar-refractivity contribution in [2.24, 2.45) is 5.73 Å². The number of ether oxygens (including phenoxy) is 1. The summed E-state index contributed by atoms with van der Waals surface area (Å²) in [7, 11) is 4.01. The van der Waals surface area contributed by atoms with Crippen LogP contribution in [-0.4, -0.2) is 30.1 Å². The molecule has 3 N–H and O–H groups in total. The molecule has 17 heavy (non-hydrogen) atoms. The van der Waals surface area contributed by atoms with E-state index in [-0.39, 0.29) is 0 Å².